The Labute approximate surface area is 140 Å². The van der Waals surface area contributed by atoms with Crippen LogP contribution in [0.1, 0.15) is 32.9 Å². The van der Waals surface area contributed by atoms with E-state index < -0.39 is 0 Å². The number of para-hydroxylation sites is 1. The molecule has 1 aromatic heterocycles. The van der Waals surface area contributed by atoms with E-state index in [1.807, 2.05) is 0 Å². The van der Waals surface area contributed by atoms with E-state index in [9.17, 15) is 4.79 Å². The zero-order valence-electron chi connectivity index (χ0n) is 13.9. The second-order valence-electron chi connectivity index (χ2n) is 5.01. The summed E-state index contributed by atoms with van der Waals surface area (Å²) in [6.45, 7) is 4.72. The van der Waals surface area contributed by atoms with Crippen LogP contribution in [0.25, 0.3) is 0 Å². The van der Waals surface area contributed by atoms with Gasteiger partial charge in [-0.1, -0.05) is 13.0 Å². The fourth-order valence-corrected chi connectivity index (χ4v) is 3.39. The molecule has 1 N–H and O–H groups in total. The van der Waals surface area contributed by atoms with Crippen LogP contribution in [-0.4, -0.2) is 31.7 Å². The number of aromatic nitrogens is 1. The molecule has 1 aromatic carbocycles. The summed E-state index contributed by atoms with van der Waals surface area (Å²) in [6.07, 6.45) is 1.67. The van der Waals surface area contributed by atoms with Crippen molar-refractivity contribution < 1.29 is 14.3 Å². The second kappa shape index (κ2) is 7.97. The van der Waals surface area contributed by atoms with Crippen molar-refractivity contribution in [1.29, 1.82) is 0 Å². The molecule has 23 heavy (non-hydrogen) atoms. The highest BCUT2D eigenvalue weighted by atomic mass is 32.1. The normalized spacial score (nSPS) is 10.4. The monoisotopic (exact) mass is 334 g/mol. The molecule has 0 radical (unpaired) electrons. The van der Waals surface area contributed by atoms with Crippen LogP contribution in [0, 0.1) is 6.92 Å². The van der Waals surface area contributed by atoms with E-state index in [1.165, 1.54) is 12.0 Å². The molecule has 6 heteroatoms. The Morgan fingerprint density at radius 3 is 2.70 bits per heavy atom. The fourth-order valence-electron chi connectivity index (χ4n) is 2.37. The second-order valence-corrected chi connectivity index (χ2v) is 6.30. The number of benzene rings is 1. The van der Waals surface area contributed by atoms with Crippen molar-refractivity contribution in [2.75, 3.05) is 20.8 Å². The predicted octanol–water partition coefficient (Wildman–Crippen LogP) is 3.00. The van der Waals surface area contributed by atoms with Crippen molar-refractivity contribution >= 4 is 17.2 Å². The number of carbonyl (C=O) groups excluding carboxylic acids is 1. The van der Waals surface area contributed by atoms with Crippen LogP contribution < -0.4 is 14.8 Å². The Bertz CT molecular complexity index is 682. The Morgan fingerprint density at radius 2 is 2.09 bits per heavy atom. The number of hydrogen-bond acceptors (Lipinski definition) is 5. The molecular formula is C17H22N2O3S. The van der Waals surface area contributed by atoms with Gasteiger partial charge in [0.1, 0.15) is 0 Å². The smallest absolute Gasteiger partial charge is 0.255 e. The maximum Gasteiger partial charge on any atom is 0.255 e. The van der Waals surface area contributed by atoms with Crippen molar-refractivity contribution in [3.05, 3.63) is 39.3 Å². The molecule has 0 unspecified atom stereocenters. The number of carbonyl (C=O) groups is 1. The molecule has 2 aromatic rings. The number of aryl methyl sites for hydroxylation is 2. The average molecular weight is 334 g/mol. The van der Waals surface area contributed by atoms with E-state index in [4.69, 9.17) is 9.47 Å². The molecule has 0 fully saturated rings. The predicted molar refractivity (Wildman–Crippen MR) is 91.8 cm³/mol. The highest BCUT2D eigenvalue weighted by Crippen LogP contribution is 2.30. The maximum atomic E-state index is 12.3. The SMILES string of the molecule is CCc1nc(CCNC(=O)c2cccc(OC)c2OC)sc1C. The van der Waals surface area contributed by atoms with E-state index in [0.29, 0.717) is 23.6 Å². The molecule has 0 atom stereocenters. The van der Waals surface area contributed by atoms with Crippen molar-refractivity contribution in [2.45, 2.75) is 26.7 Å². The Hall–Kier alpha value is -2.08. The maximum absolute atomic E-state index is 12.3. The first kappa shape index (κ1) is 17.3. The summed E-state index contributed by atoms with van der Waals surface area (Å²) in [7, 11) is 3.08. The first-order valence-electron chi connectivity index (χ1n) is 7.55. The fraction of sp³-hybridized carbons (Fsp3) is 0.412. The van der Waals surface area contributed by atoms with Crippen LogP contribution in [0.15, 0.2) is 18.2 Å². The summed E-state index contributed by atoms with van der Waals surface area (Å²) in [5, 5.41) is 3.97. The molecule has 0 aliphatic carbocycles. The molecular weight excluding hydrogens is 312 g/mol. The molecule has 0 bridgehead atoms. The molecule has 0 aliphatic rings. The van der Waals surface area contributed by atoms with Gasteiger partial charge < -0.3 is 14.8 Å². The Balaban J connectivity index is 1.99. The minimum Gasteiger partial charge on any atom is -0.493 e. The lowest BCUT2D eigenvalue weighted by molar-refractivity contribution is 0.0950. The lowest BCUT2D eigenvalue weighted by Gasteiger charge is -2.12. The molecule has 124 valence electrons. The third-order valence-corrected chi connectivity index (χ3v) is 4.62. The first-order valence-corrected chi connectivity index (χ1v) is 8.36. The Morgan fingerprint density at radius 1 is 1.30 bits per heavy atom. The van der Waals surface area contributed by atoms with Crippen LogP contribution >= 0.6 is 11.3 Å². The van der Waals surface area contributed by atoms with Gasteiger partial charge in [-0.25, -0.2) is 4.98 Å². The standard InChI is InChI=1S/C17H22N2O3S/c1-5-13-11(2)23-15(19-13)9-10-18-17(20)12-7-6-8-14(21-3)16(12)22-4/h6-8H,5,9-10H2,1-4H3,(H,18,20). The van der Waals surface area contributed by atoms with Crippen molar-refractivity contribution in [1.82, 2.24) is 10.3 Å². The van der Waals surface area contributed by atoms with E-state index in [0.717, 1.165) is 23.5 Å². The van der Waals surface area contributed by atoms with Crippen LogP contribution in [0.5, 0.6) is 11.5 Å². The van der Waals surface area contributed by atoms with Gasteiger partial charge in [0.15, 0.2) is 11.5 Å². The summed E-state index contributed by atoms with van der Waals surface area (Å²) >= 11 is 1.69. The average Bonchev–Trinajstić information content (AvgIpc) is 2.93. The minimum absolute atomic E-state index is 0.176. The van der Waals surface area contributed by atoms with Gasteiger partial charge in [-0.05, 0) is 25.5 Å². The summed E-state index contributed by atoms with van der Waals surface area (Å²) in [4.78, 5) is 18.2. The van der Waals surface area contributed by atoms with E-state index in [-0.39, 0.29) is 5.91 Å². The highest BCUT2D eigenvalue weighted by Gasteiger charge is 2.16. The number of amides is 1. The molecule has 0 spiro atoms. The molecule has 0 aliphatic heterocycles. The highest BCUT2D eigenvalue weighted by molar-refractivity contribution is 7.11. The number of hydrogen-bond donors (Lipinski definition) is 1. The molecule has 2 rings (SSSR count). The third-order valence-electron chi connectivity index (χ3n) is 3.54. The Kier molecular flexibility index (Phi) is 5.98. The van der Waals surface area contributed by atoms with Crippen LogP contribution in [0.4, 0.5) is 0 Å². The lowest BCUT2D eigenvalue weighted by Crippen LogP contribution is -2.26. The molecule has 0 saturated heterocycles. The van der Waals surface area contributed by atoms with Gasteiger partial charge in [-0.2, -0.15) is 0 Å². The lowest BCUT2D eigenvalue weighted by atomic mass is 10.1. The molecule has 1 amide bonds. The minimum atomic E-state index is -0.176. The summed E-state index contributed by atoms with van der Waals surface area (Å²) in [5.74, 6) is 0.818. The first-order chi connectivity index (χ1) is 11.1. The molecule has 1 heterocycles. The van der Waals surface area contributed by atoms with Crippen LogP contribution in [0.3, 0.4) is 0 Å². The van der Waals surface area contributed by atoms with Crippen molar-refractivity contribution in [3.63, 3.8) is 0 Å². The van der Waals surface area contributed by atoms with Gasteiger partial charge in [0.25, 0.3) is 5.91 Å². The van der Waals surface area contributed by atoms with Gasteiger partial charge in [0.2, 0.25) is 0 Å². The zero-order chi connectivity index (χ0) is 16.8. The zero-order valence-corrected chi connectivity index (χ0v) is 14.8. The number of thiazole rings is 1. The number of nitrogens with zero attached hydrogens (tertiary/aromatic N) is 1. The molecule has 0 saturated carbocycles. The van der Waals surface area contributed by atoms with Crippen LogP contribution in [-0.2, 0) is 12.8 Å². The number of rotatable bonds is 7. The number of ether oxygens (including phenoxy) is 2. The van der Waals surface area contributed by atoms with E-state index in [2.05, 4.69) is 24.1 Å². The summed E-state index contributed by atoms with van der Waals surface area (Å²) in [5.41, 5.74) is 1.61. The van der Waals surface area contributed by atoms with Crippen molar-refractivity contribution in [3.8, 4) is 11.5 Å². The van der Waals surface area contributed by atoms with Crippen molar-refractivity contribution in [2.24, 2.45) is 0 Å². The van der Waals surface area contributed by atoms with Gasteiger partial charge in [-0.15, -0.1) is 11.3 Å². The van der Waals surface area contributed by atoms with E-state index in [1.54, 1.807) is 36.6 Å². The van der Waals surface area contributed by atoms with Gasteiger partial charge in [-0.3, -0.25) is 4.79 Å². The largest absolute Gasteiger partial charge is 0.493 e. The topological polar surface area (TPSA) is 60.5 Å². The third kappa shape index (κ3) is 4.01. The van der Waals surface area contributed by atoms with Gasteiger partial charge in [0.05, 0.1) is 30.5 Å². The van der Waals surface area contributed by atoms with Gasteiger partial charge >= 0.3 is 0 Å². The van der Waals surface area contributed by atoms with E-state index >= 15 is 0 Å². The quantitative estimate of drug-likeness (QED) is 0.845. The molecule has 5 nitrogen and oxygen atoms in total. The number of methoxy groups -OCH3 is 2. The summed E-state index contributed by atoms with van der Waals surface area (Å²) in [6, 6.07) is 5.26. The van der Waals surface area contributed by atoms with Crippen LogP contribution in [0.2, 0.25) is 0 Å². The number of nitrogens with one attached hydrogen (secondary N) is 1. The summed E-state index contributed by atoms with van der Waals surface area (Å²) < 4.78 is 10.5. The van der Waals surface area contributed by atoms with Gasteiger partial charge in [0, 0.05) is 17.8 Å².